The molecule has 5 nitrogen and oxygen atoms in total. The lowest BCUT2D eigenvalue weighted by Crippen LogP contribution is -2.22. The number of nitrogen functional groups attached to an aromatic ring is 1. The zero-order chi connectivity index (χ0) is 13.9. The van der Waals surface area contributed by atoms with Crippen LogP contribution in [-0.4, -0.2) is 22.9 Å². The molecule has 1 aromatic rings. The molecular weight excluding hydrogens is 263 g/mol. The Bertz CT molecular complexity index is 434. The summed E-state index contributed by atoms with van der Waals surface area (Å²) in [6.07, 6.45) is -2.26. The standard InChI is InChI=1S/C11H14F3N3O2/c12-11(13,14)8-5-7(16-10(15)17-8)6-19-9-3-1-2-4-18-9/h5,9H,1-4,6H2,(H2,15,16,17)/t9-/m1/s1. The van der Waals surface area contributed by atoms with E-state index in [-0.39, 0.29) is 18.6 Å². The van der Waals surface area contributed by atoms with Gasteiger partial charge < -0.3 is 15.2 Å². The maximum Gasteiger partial charge on any atom is 0.433 e. The van der Waals surface area contributed by atoms with Gasteiger partial charge in [-0.2, -0.15) is 13.2 Å². The highest BCUT2D eigenvalue weighted by Crippen LogP contribution is 2.28. The molecule has 0 spiro atoms. The van der Waals surface area contributed by atoms with Gasteiger partial charge in [0.1, 0.15) is 5.69 Å². The van der Waals surface area contributed by atoms with Crippen molar-refractivity contribution < 1.29 is 22.6 Å². The molecule has 2 rings (SSSR count). The summed E-state index contributed by atoms with van der Waals surface area (Å²) >= 11 is 0. The lowest BCUT2D eigenvalue weighted by Gasteiger charge is -2.22. The fourth-order valence-corrected chi connectivity index (χ4v) is 1.76. The number of nitrogens with two attached hydrogens (primary N) is 1. The second-order valence-electron chi connectivity index (χ2n) is 4.21. The second kappa shape index (κ2) is 5.70. The molecular formula is C11H14F3N3O2. The molecule has 1 aromatic heterocycles. The van der Waals surface area contributed by atoms with Gasteiger partial charge in [0.05, 0.1) is 12.3 Å². The van der Waals surface area contributed by atoms with E-state index < -0.39 is 17.8 Å². The second-order valence-corrected chi connectivity index (χ2v) is 4.21. The minimum absolute atomic E-state index is 0.0829. The van der Waals surface area contributed by atoms with E-state index in [4.69, 9.17) is 15.2 Å². The van der Waals surface area contributed by atoms with Crippen LogP contribution in [0.3, 0.4) is 0 Å². The van der Waals surface area contributed by atoms with Gasteiger partial charge in [-0.3, -0.25) is 0 Å². The van der Waals surface area contributed by atoms with E-state index in [9.17, 15) is 13.2 Å². The van der Waals surface area contributed by atoms with Crippen molar-refractivity contribution in [3.63, 3.8) is 0 Å². The molecule has 0 amide bonds. The van der Waals surface area contributed by atoms with E-state index in [0.717, 1.165) is 25.3 Å². The van der Waals surface area contributed by atoms with Crippen LogP contribution in [0.5, 0.6) is 0 Å². The molecule has 1 aliphatic rings. The summed E-state index contributed by atoms with van der Waals surface area (Å²) in [5.41, 5.74) is 4.28. The molecule has 0 unspecified atom stereocenters. The average Bonchev–Trinajstić information content (AvgIpc) is 2.36. The molecule has 8 heteroatoms. The van der Waals surface area contributed by atoms with Gasteiger partial charge in [0.15, 0.2) is 6.29 Å². The van der Waals surface area contributed by atoms with E-state index >= 15 is 0 Å². The van der Waals surface area contributed by atoms with Crippen LogP contribution in [0.1, 0.15) is 30.7 Å². The van der Waals surface area contributed by atoms with Crippen LogP contribution in [0.2, 0.25) is 0 Å². The van der Waals surface area contributed by atoms with Crippen molar-refractivity contribution in [2.24, 2.45) is 0 Å². The SMILES string of the molecule is Nc1nc(CO[C@@H]2CCCCO2)cc(C(F)(F)F)n1. The fraction of sp³-hybridized carbons (Fsp3) is 0.636. The van der Waals surface area contributed by atoms with Crippen LogP contribution in [0, 0.1) is 0 Å². The van der Waals surface area contributed by atoms with Crippen molar-refractivity contribution in [1.29, 1.82) is 0 Å². The first-order chi connectivity index (χ1) is 8.95. The van der Waals surface area contributed by atoms with E-state index in [1.165, 1.54) is 0 Å². The van der Waals surface area contributed by atoms with Gasteiger partial charge in [-0.15, -0.1) is 0 Å². The van der Waals surface area contributed by atoms with Gasteiger partial charge >= 0.3 is 6.18 Å². The third-order valence-corrected chi connectivity index (χ3v) is 2.64. The molecule has 1 atom stereocenters. The minimum atomic E-state index is -4.55. The van der Waals surface area contributed by atoms with Crippen molar-refractivity contribution in [2.45, 2.75) is 38.3 Å². The van der Waals surface area contributed by atoms with Crippen LogP contribution in [0.25, 0.3) is 0 Å². The molecule has 0 bridgehead atoms. The molecule has 2 heterocycles. The normalized spacial score (nSPS) is 20.5. The third-order valence-electron chi connectivity index (χ3n) is 2.64. The van der Waals surface area contributed by atoms with E-state index in [1.807, 2.05) is 0 Å². The molecule has 2 N–H and O–H groups in total. The maximum absolute atomic E-state index is 12.5. The molecule has 1 aliphatic heterocycles. The molecule has 1 fully saturated rings. The number of nitrogens with zero attached hydrogens (tertiary/aromatic N) is 2. The highest BCUT2D eigenvalue weighted by molar-refractivity contribution is 5.23. The molecule has 0 saturated carbocycles. The quantitative estimate of drug-likeness (QED) is 0.916. The fourth-order valence-electron chi connectivity index (χ4n) is 1.76. The van der Waals surface area contributed by atoms with Gasteiger partial charge in [-0.25, -0.2) is 9.97 Å². The summed E-state index contributed by atoms with van der Waals surface area (Å²) < 4.78 is 48.3. The van der Waals surface area contributed by atoms with Gasteiger partial charge in [-0.05, 0) is 25.3 Å². The van der Waals surface area contributed by atoms with Crippen molar-refractivity contribution in [2.75, 3.05) is 12.3 Å². The van der Waals surface area contributed by atoms with Crippen molar-refractivity contribution in [3.8, 4) is 0 Å². The van der Waals surface area contributed by atoms with Gasteiger partial charge in [0, 0.05) is 6.61 Å². The number of hydrogen-bond acceptors (Lipinski definition) is 5. The first kappa shape index (κ1) is 14.0. The summed E-state index contributed by atoms with van der Waals surface area (Å²) in [7, 11) is 0. The number of hydrogen-bond donors (Lipinski definition) is 1. The maximum atomic E-state index is 12.5. The van der Waals surface area contributed by atoms with Gasteiger partial charge in [-0.1, -0.05) is 0 Å². The van der Waals surface area contributed by atoms with Crippen LogP contribution < -0.4 is 5.73 Å². The summed E-state index contributed by atoms with van der Waals surface area (Å²) in [5.74, 6) is -0.419. The lowest BCUT2D eigenvalue weighted by molar-refractivity contribution is -0.169. The molecule has 0 aliphatic carbocycles. The molecule has 19 heavy (non-hydrogen) atoms. The Morgan fingerprint density at radius 1 is 1.37 bits per heavy atom. The number of rotatable bonds is 3. The Hall–Kier alpha value is -1.41. The van der Waals surface area contributed by atoms with Gasteiger partial charge in [0.25, 0.3) is 0 Å². The predicted octanol–water partition coefficient (Wildman–Crippen LogP) is 2.12. The summed E-state index contributed by atoms with van der Waals surface area (Å²) in [6, 6.07) is 0.833. The third kappa shape index (κ3) is 4.03. The Kier molecular flexibility index (Phi) is 4.20. The number of aromatic nitrogens is 2. The summed E-state index contributed by atoms with van der Waals surface area (Å²) in [6.45, 7) is 0.519. The van der Waals surface area contributed by atoms with E-state index in [1.54, 1.807) is 0 Å². The number of alkyl halides is 3. The average molecular weight is 277 g/mol. The van der Waals surface area contributed by atoms with Crippen LogP contribution in [0.4, 0.5) is 19.1 Å². The van der Waals surface area contributed by atoms with Crippen molar-refractivity contribution >= 4 is 5.95 Å². The lowest BCUT2D eigenvalue weighted by atomic mass is 10.2. The molecule has 106 valence electrons. The van der Waals surface area contributed by atoms with Crippen LogP contribution in [-0.2, 0) is 22.3 Å². The monoisotopic (exact) mass is 277 g/mol. The highest BCUT2D eigenvalue weighted by atomic mass is 19.4. The topological polar surface area (TPSA) is 70.3 Å². The van der Waals surface area contributed by atoms with E-state index in [0.29, 0.717) is 6.61 Å². The minimum Gasteiger partial charge on any atom is -0.368 e. The van der Waals surface area contributed by atoms with Crippen molar-refractivity contribution in [3.05, 3.63) is 17.5 Å². The Labute approximate surface area is 107 Å². The predicted molar refractivity (Wildman–Crippen MR) is 59.8 cm³/mol. The van der Waals surface area contributed by atoms with Crippen LogP contribution in [0.15, 0.2) is 6.07 Å². The molecule has 0 radical (unpaired) electrons. The largest absolute Gasteiger partial charge is 0.433 e. The smallest absolute Gasteiger partial charge is 0.368 e. The van der Waals surface area contributed by atoms with Gasteiger partial charge in [0.2, 0.25) is 5.95 Å². The Morgan fingerprint density at radius 2 is 2.16 bits per heavy atom. The first-order valence-electron chi connectivity index (χ1n) is 5.89. The summed E-state index contributed by atoms with van der Waals surface area (Å²) in [4.78, 5) is 6.87. The number of ether oxygens (including phenoxy) is 2. The summed E-state index contributed by atoms with van der Waals surface area (Å²) in [5, 5.41) is 0. The number of halogens is 3. The molecule has 0 aromatic carbocycles. The Balaban J connectivity index is 2.01. The highest BCUT2D eigenvalue weighted by Gasteiger charge is 2.33. The van der Waals surface area contributed by atoms with Crippen LogP contribution >= 0.6 is 0 Å². The zero-order valence-corrected chi connectivity index (χ0v) is 10.1. The van der Waals surface area contributed by atoms with E-state index in [2.05, 4.69) is 9.97 Å². The zero-order valence-electron chi connectivity index (χ0n) is 10.1. The number of anilines is 1. The first-order valence-corrected chi connectivity index (χ1v) is 5.89. The van der Waals surface area contributed by atoms with Crippen molar-refractivity contribution in [1.82, 2.24) is 9.97 Å². The Morgan fingerprint density at radius 3 is 2.79 bits per heavy atom. The molecule has 1 saturated heterocycles.